The van der Waals surface area contributed by atoms with Gasteiger partial charge < -0.3 is 9.84 Å². The Hall–Kier alpha value is -2.36. The predicted octanol–water partition coefficient (Wildman–Crippen LogP) is 4.17. The van der Waals surface area contributed by atoms with Crippen LogP contribution in [0.15, 0.2) is 55.1 Å². The largest absolute Gasteiger partial charge is 0.478 e. The number of carbonyl (C=O) groups is 2. The molecule has 0 spiro atoms. The Balaban J connectivity index is 0.000000468. The Morgan fingerprint density at radius 3 is 2.39 bits per heavy atom. The number of benzene rings is 1. The molecule has 0 aromatic heterocycles. The molecule has 1 aromatic rings. The Labute approximate surface area is 138 Å². The van der Waals surface area contributed by atoms with Gasteiger partial charge in [0.05, 0.1) is 6.61 Å². The van der Waals surface area contributed by atoms with Crippen LogP contribution in [0, 0.1) is 0 Å². The highest BCUT2D eigenvalue weighted by molar-refractivity contribution is 5.85. The van der Waals surface area contributed by atoms with Crippen LogP contribution in [0.25, 0.3) is 0 Å². The number of carbonyl (C=O) groups excluding carboxylic acids is 1. The smallest absolute Gasteiger partial charge is 0.330 e. The molecule has 0 aliphatic rings. The maximum atomic E-state index is 10.4. The molecule has 0 saturated heterocycles. The molecule has 0 heterocycles. The Kier molecular flexibility index (Phi) is 11.9. The molecule has 126 valence electrons. The van der Waals surface area contributed by atoms with Crippen LogP contribution in [0.4, 0.5) is 0 Å². The number of aliphatic carboxylic acids is 1. The number of rotatable bonds is 9. The van der Waals surface area contributed by atoms with Gasteiger partial charge in [-0.25, -0.2) is 9.59 Å². The molecule has 4 nitrogen and oxygen atoms in total. The molecule has 0 radical (unpaired) electrons. The van der Waals surface area contributed by atoms with E-state index in [2.05, 4.69) is 17.9 Å². The molecule has 0 aliphatic carbocycles. The molecule has 0 saturated carbocycles. The molecule has 0 atom stereocenters. The van der Waals surface area contributed by atoms with E-state index in [4.69, 9.17) is 5.11 Å². The van der Waals surface area contributed by atoms with Gasteiger partial charge in [-0.05, 0) is 31.2 Å². The summed E-state index contributed by atoms with van der Waals surface area (Å²) in [4.78, 5) is 20.8. The van der Waals surface area contributed by atoms with Gasteiger partial charge in [-0.2, -0.15) is 0 Å². The number of ether oxygens (including phenoxy) is 1. The normalized spacial score (nSPS) is 9.26. The molecule has 23 heavy (non-hydrogen) atoms. The van der Waals surface area contributed by atoms with E-state index in [9.17, 15) is 9.59 Å². The SMILES string of the molecule is C=C(CCCc1ccccc1)C(=O)O.C=CC(=O)OCCCC. The summed E-state index contributed by atoms with van der Waals surface area (Å²) in [5.74, 6) is -1.22. The first-order chi connectivity index (χ1) is 11.0. The lowest BCUT2D eigenvalue weighted by molar-refractivity contribution is -0.138. The Morgan fingerprint density at radius 1 is 1.22 bits per heavy atom. The molecule has 0 fully saturated rings. The lowest BCUT2D eigenvalue weighted by atomic mass is 10.1. The van der Waals surface area contributed by atoms with Gasteiger partial charge >= 0.3 is 11.9 Å². The number of carboxylic acids is 1. The van der Waals surface area contributed by atoms with E-state index in [1.807, 2.05) is 37.3 Å². The second-order valence-corrected chi connectivity index (χ2v) is 4.97. The number of hydrogen-bond acceptors (Lipinski definition) is 3. The summed E-state index contributed by atoms with van der Waals surface area (Å²) in [6.07, 6.45) is 5.46. The van der Waals surface area contributed by atoms with Crippen LogP contribution in [0.2, 0.25) is 0 Å². The van der Waals surface area contributed by atoms with Crippen molar-refractivity contribution in [3.63, 3.8) is 0 Å². The van der Waals surface area contributed by atoms with Gasteiger partial charge in [0.25, 0.3) is 0 Å². The third-order valence-corrected chi connectivity index (χ3v) is 3.00. The van der Waals surface area contributed by atoms with Crippen molar-refractivity contribution < 1.29 is 19.4 Å². The summed E-state index contributed by atoms with van der Waals surface area (Å²) in [6, 6.07) is 10.0. The zero-order valence-corrected chi connectivity index (χ0v) is 13.8. The average Bonchev–Trinajstić information content (AvgIpc) is 2.56. The van der Waals surface area contributed by atoms with Gasteiger partial charge in [-0.15, -0.1) is 0 Å². The van der Waals surface area contributed by atoms with E-state index >= 15 is 0 Å². The summed E-state index contributed by atoms with van der Waals surface area (Å²) >= 11 is 0. The van der Waals surface area contributed by atoms with Gasteiger partial charge in [0, 0.05) is 11.6 Å². The monoisotopic (exact) mass is 318 g/mol. The van der Waals surface area contributed by atoms with Crippen molar-refractivity contribution in [2.45, 2.75) is 39.0 Å². The van der Waals surface area contributed by atoms with Crippen molar-refractivity contribution in [3.8, 4) is 0 Å². The standard InChI is InChI=1S/C12H14O2.C7H12O2/c1-10(12(13)14)6-5-9-11-7-3-2-4-8-11;1-3-5-6-9-7(8)4-2/h2-4,7-8H,1,5-6,9H2,(H,13,14);4H,2-3,5-6H2,1H3. The van der Waals surface area contributed by atoms with E-state index in [0.29, 0.717) is 18.6 Å². The molecular weight excluding hydrogens is 292 g/mol. The summed E-state index contributed by atoms with van der Waals surface area (Å²) in [5.41, 5.74) is 1.53. The number of aryl methyl sites for hydroxylation is 1. The second kappa shape index (κ2) is 13.3. The first kappa shape index (κ1) is 20.6. The number of hydrogen-bond donors (Lipinski definition) is 1. The number of carboxylic acid groups (broad SMARTS) is 1. The van der Waals surface area contributed by atoms with Crippen LogP contribution in [-0.4, -0.2) is 23.7 Å². The zero-order chi connectivity index (χ0) is 17.5. The topological polar surface area (TPSA) is 63.6 Å². The van der Waals surface area contributed by atoms with Crippen LogP contribution in [0.3, 0.4) is 0 Å². The fraction of sp³-hybridized carbons (Fsp3) is 0.368. The van der Waals surface area contributed by atoms with Gasteiger partial charge in [-0.3, -0.25) is 0 Å². The van der Waals surface area contributed by atoms with Gasteiger partial charge in [-0.1, -0.05) is 56.8 Å². The van der Waals surface area contributed by atoms with Gasteiger partial charge in [0.15, 0.2) is 0 Å². The summed E-state index contributed by atoms with van der Waals surface area (Å²) < 4.78 is 4.67. The molecule has 0 amide bonds. The zero-order valence-electron chi connectivity index (χ0n) is 13.8. The molecule has 0 unspecified atom stereocenters. The summed E-state index contributed by atoms with van der Waals surface area (Å²) in [5, 5.41) is 8.58. The van der Waals surface area contributed by atoms with Crippen molar-refractivity contribution in [2.75, 3.05) is 6.61 Å². The third kappa shape index (κ3) is 11.9. The first-order valence-corrected chi connectivity index (χ1v) is 7.75. The van der Waals surface area contributed by atoms with E-state index in [0.717, 1.165) is 25.7 Å². The van der Waals surface area contributed by atoms with E-state index in [1.54, 1.807) is 0 Å². The highest BCUT2D eigenvalue weighted by atomic mass is 16.5. The molecule has 4 heteroatoms. The van der Waals surface area contributed by atoms with Crippen molar-refractivity contribution in [2.24, 2.45) is 0 Å². The highest BCUT2D eigenvalue weighted by Crippen LogP contribution is 2.08. The second-order valence-electron chi connectivity index (χ2n) is 4.97. The van der Waals surface area contributed by atoms with Crippen LogP contribution in [0.1, 0.15) is 38.2 Å². The molecule has 0 bridgehead atoms. The molecule has 0 aliphatic heterocycles. The van der Waals surface area contributed by atoms with Crippen molar-refractivity contribution in [3.05, 3.63) is 60.7 Å². The van der Waals surface area contributed by atoms with E-state index in [-0.39, 0.29) is 5.97 Å². The molecule has 1 N–H and O–H groups in total. The van der Waals surface area contributed by atoms with Crippen LogP contribution >= 0.6 is 0 Å². The average molecular weight is 318 g/mol. The lowest BCUT2D eigenvalue weighted by Crippen LogP contribution is -2.00. The minimum atomic E-state index is -0.891. The van der Waals surface area contributed by atoms with Crippen LogP contribution < -0.4 is 0 Å². The Morgan fingerprint density at radius 2 is 1.87 bits per heavy atom. The first-order valence-electron chi connectivity index (χ1n) is 7.75. The number of esters is 1. The quantitative estimate of drug-likeness (QED) is 0.422. The van der Waals surface area contributed by atoms with Gasteiger partial charge in [0.1, 0.15) is 0 Å². The summed E-state index contributed by atoms with van der Waals surface area (Å²) in [6.45, 7) is 9.31. The molecule has 1 aromatic carbocycles. The third-order valence-electron chi connectivity index (χ3n) is 3.00. The lowest BCUT2D eigenvalue weighted by Gasteiger charge is -2.01. The predicted molar refractivity (Wildman–Crippen MR) is 92.2 cm³/mol. The molecule has 1 rings (SSSR count). The van der Waals surface area contributed by atoms with Gasteiger partial charge in [0.2, 0.25) is 0 Å². The maximum Gasteiger partial charge on any atom is 0.330 e. The van der Waals surface area contributed by atoms with E-state index in [1.165, 1.54) is 11.6 Å². The van der Waals surface area contributed by atoms with Crippen molar-refractivity contribution >= 4 is 11.9 Å². The van der Waals surface area contributed by atoms with Crippen LogP contribution in [-0.2, 0) is 20.7 Å². The summed E-state index contributed by atoms with van der Waals surface area (Å²) in [7, 11) is 0. The maximum absolute atomic E-state index is 10.4. The van der Waals surface area contributed by atoms with Crippen LogP contribution in [0.5, 0.6) is 0 Å². The number of unbranched alkanes of at least 4 members (excludes halogenated alkanes) is 1. The fourth-order valence-corrected chi connectivity index (χ4v) is 1.63. The Bertz CT molecular complexity index is 491. The fourth-order valence-electron chi connectivity index (χ4n) is 1.63. The van der Waals surface area contributed by atoms with E-state index < -0.39 is 5.97 Å². The van der Waals surface area contributed by atoms with Crippen molar-refractivity contribution in [1.29, 1.82) is 0 Å². The van der Waals surface area contributed by atoms with Crippen molar-refractivity contribution in [1.82, 2.24) is 0 Å². The highest BCUT2D eigenvalue weighted by Gasteiger charge is 2.02. The molecular formula is C19H26O4. The minimum absolute atomic E-state index is 0.293. The minimum Gasteiger partial charge on any atom is -0.478 e.